The van der Waals surface area contributed by atoms with Gasteiger partial charge >= 0.3 is 0 Å². The number of benzene rings is 1. The minimum Gasteiger partial charge on any atom is -0.472 e. The number of nitrogens with zero attached hydrogens (tertiary/aromatic N) is 4. The van der Waals surface area contributed by atoms with Crippen LogP contribution in [0.2, 0.25) is 0 Å². The van der Waals surface area contributed by atoms with E-state index in [1.165, 1.54) is 30.1 Å². The Morgan fingerprint density at radius 3 is 2.67 bits per heavy atom. The molecule has 0 saturated carbocycles. The van der Waals surface area contributed by atoms with Gasteiger partial charge in [0.25, 0.3) is 11.5 Å². The normalized spacial score (nSPS) is 10.7. The Labute approximate surface area is 178 Å². The molecule has 0 spiro atoms. The highest BCUT2D eigenvalue weighted by Crippen LogP contribution is 2.21. The van der Waals surface area contributed by atoms with Gasteiger partial charge in [0.05, 0.1) is 24.6 Å². The number of ether oxygens (including phenoxy) is 1. The Morgan fingerprint density at radius 2 is 2.03 bits per heavy atom. The van der Waals surface area contributed by atoms with Crippen molar-refractivity contribution in [1.82, 2.24) is 24.8 Å². The minimum absolute atomic E-state index is 0.0153. The molecule has 156 valence electrons. The van der Waals surface area contributed by atoms with Gasteiger partial charge in [-0.15, -0.1) is 0 Å². The standard InChI is InChI=1S/C19H16BrF2N5O3/c1-10-26-18(30-9-11-3-4-12(21)5-14(11)22)16(20)19(29)27(10)8-13-6-25-15(7-24-13)17(28)23-2/h3-7H,8-9H2,1-2H3,(H,23,28). The zero-order valence-electron chi connectivity index (χ0n) is 15.9. The minimum atomic E-state index is -0.755. The summed E-state index contributed by atoms with van der Waals surface area (Å²) in [6.07, 6.45) is 2.71. The van der Waals surface area contributed by atoms with Crippen LogP contribution in [0.3, 0.4) is 0 Å². The van der Waals surface area contributed by atoms with E-state index in [9.17, 15) is 18.4 Å². The maximum Gasteiger partial charge on any atom is 0.272 e. The highest BCUT2D eigenvalue weighted by molar-refractivity contribution is 9.10. The van der Waals surface area contributed by atoms with E-state index in [2.05, 4.69) is 36.2 Å². The molecule has 1 amide bonds. The fourth-order valence-corrected chi connectivity index (χ4v) is 2.94. The molecule has 3 rings (SSSR count). The third-order valence-corrected chi connectivity index (χ3v) is 4.82. The van der Waals surface area contributed by atoms with E-state index in [0.717, 1.165) is 12.1 Å². The lowest BCUT2D eigenvalue weighted by molar-refractivity contribution is 0.0957. The van der Waals surface area contributed by atoms with Gasteiger partial charge < -0.3 is 10.1 Å². The predicted octanol–water partition coefficient (Wildman–Crippen LogP) is 2.37. The van der Waals surface area contributed by atoms with Crippen molar-refractivity contribution >= 4 is 21.8 Å². The van der Waals surface area contributed by atoms with Gasteiger partial charge in [0, 0.05) is 18.7 Å². The van der Waals surface area contributed by atoms with Crippen LogP contribution < -0.4 is 15.6 Å². The first kappa shape index (κ1) is 21.5. The van der Waals surface area contributed by atoms with Crippen molar-refractivity contribution in [2.45, 2.75) is 20.1 Å². The molecule has 3 aromatic rings. The first-order valence-electron chi connectivity index (χ1n) is 8.66. The SMILES string of the molecule is CNC(=O)c1cnc(Cn2c(C)nc(OCc3ccc(F)cc3F)c(Br)c2=O)cn1. The Kier molecular flexibility index (Phi) is 6.50. The maximum atomic E-state index is 13.8. The third-order valence-electron chi connectivity index (χ3n) is 4.14. The maximum absolute atomic E-state index is 13.8. The van der Waals surface area contributed by atoms with Crippen molar-refractivity contribution in [3.05, 3.63) is 79.8 Å². The molecule has 1 aromatic carbocycles. The van der Waals surface area contributed by atoms with Gasteiger partial charge in [0.2, 0.25) is 5.88 Å². The fourth-order valence-electron chi connectivity index (χ4n) is 2.52. The fraction of sp³-hybridized carbons (Fsp3) is 0.211. The lowest BCUT2D eigenvalue weighted by atomic mass is 10.2. The molecule has 0 saturated heterocycles. The molecule has 2 aromatic heterocycles. The summed E-state index contributed by atoms with van der Waals surface area (Å²) in [5.41, 5.74) is 0.290. The second-order valence-electron chi connectivity index (χ2n) is 6.17. The molecule has 0 unspecified atom stereocenters. The monoisotopic (exact) mass is 479 g/mol. The second kappa shape index (κ2) is 9.08. The van der Waals surface area contributed by atoms with Crippen molar-refractivity contribution in [3.63, 3.8) is 0 Å². The Hall–Kier alpha value is -3.21. The number of halogens is 3. The molecule has 0 atom stereocenters. The molecule has 2 heterocycles. The summed E-state index contributed by atoms with van der Waals surface area (Å²) >= 11 is 3.16. The Balaban J connectivity index is 1.80. The molecule has 0 aliphatic heterocycles. The number of carbonyl (C=O) groups is 1. The summed E-state index contributed by atoms with van der Waals surface area (Å²) in [6, 6.07) is 3.12. The number of amides is 1. The van der Waals surface area contributed by atoms with E-state index in [0.29, 0.717) is 11.5 Å². The lowest BCUT2D eigenvalue weighted by Crippen LogP contribution is -2.26. The topological polar surface area (TPSA) is 99.0 Å². The molecular formula is C19H16BrF2N5O3. The van der Waals surface area contributed by atoms with Crippen LogP contribution in [0.15, 0.2) is 39.9 Å². The van der Waals surface area contributed by atoms with Crippen LogP contribution in [-0.2, 0) is 13.2 Å². The molecule has 0 aliphatic rings. The van der Waals surface area contributed by atoms with E-state index < -0.39 is 17.2 Å². The summed E-state index contributed by atoms with van der Waals surface area (Å²) in [5, 5.41) is 2.44. The molecule has 30 heavy (non-hydrogen) atoms. The zero-order valence-corrected chi connectivity index (χ0v) is 17.5. The van der Waals surface area contributed by atoms with E-state index >= 15 is 0 Å². The van der Waals surface area contributed by atoms with E-state index in [-0.39, 0.29) is 40.7 Å². The largest absolute Gasteiger partial charge is 0.472 e. The second-order valence-corrected chi connectivity index (χ2v) is 6.96. The van der Waals surface area contributed by atoms with E-state index in [1.54, 1.807) is 6.92 Å². The van der Waals surface area contributed by atoms with Crippen LogP contribution in [0.1, 0.15) is 27.6 Å². The van der Waals surface area contributed by atoms with Gasteiger partial charge in [-0.05, 0) is 35.0 Å². The molecule has 0 fully saturated rings. The predicted molar refractivity (Wildman–Crippen MR) is 106 cm³/mol. The highest BCUT2D eigenvalue weighted by Gasteiger charge is 2.16. The number of hydrogen-bond donors (Lipinski definition) is 1. The highest BCUT2D eigenvalue weighted by atomic mass is 79.9. The third kappa shape index (κ3) is 4.67. The van der Waals surface area contributed by atoms with Gasteiger partial charge in [-0.25, -0.2) is 13.8 Å². The molecular weight excluding hydrogens is 464 g/mol. The summed E-state index contributed by atoms with van der Waals surface area (Å²) in [5.74, 6) is -1.50. The molecule has 0 aliphatic carbocycles. The summed E-state index contributed by atoms with van der Waals surface area (Å²) in [4.78, 5) is 36.6. The van der Waals surface area contributed by atoms with Gasteiger partial charge in [-0.2, -0.15) is 4.98 Å². The molecule has 8 nitrogen and oxygen atoms in total. The smallest absolute Gasteiger partial charge is 0.272 e. The summed E-state index contributed by atoms with van der Waals surface area (Å²) < 4.78 is 33.6. The van der Waals surface area contributed by atoms with E-state index in [4.69, 9.17) is 4.74 Å². The summed E-state index contributed by atoms with van der Waals surface area (Å²) in [7, 11) is 1.48. The van der Waals surface area contributed by atoms with Crippen molar-refractivity contribution in [3.8, 4) is 5.88 Å². The van der Waals surface area contributed by atoms with Crippen LogP contribution in [0, 0.1) is 18.6 Å². The molecule has 0 radical (unpaired) electrons. The molecule has 1 N–H and O–H groups in total. The van der Waals surface area contributed by atoms with E-state index in [1.807, 2.05) is 0 Å². The van der Waals surface area contributed by atoms with Gasteiger partial charge in [0.1, 0.15) is 34.2 Å². The van der Waals surface area contributed by atoms with Crippen molar-refractivity contribution in [2.75, 3.05) is 7.05 Å². The number of aromatic nitrogens is 4. The van der Waals surface area contributed by atoms with Crippen LogP contribution >= 0.6 is 15.9 Å². The van der Waals surface area contributed by atoms with Crippen LogP contribution in [0.25, 0.3) is 0 Å². The first-order chi connectivity index (χ1) is 14.3. The molecule has 0 bridgehead atoms. The molecule has 11 heteroatoms. The average molecular weight is 480 g/mol. The number of carbonyl (C=O) groups excluding carboxylic acids is 1. The lowest BCUT2D eigenvalue weighted by Gasteiger charge is -2.13. The van der Waals surface area contributed by atoms with Crippen LogP contribution in [-0.4, -0.2) is 32.5 Å². The number of rotatable bonds is 6. The average Bonchev–Trinajstić information content (AvgIpc) is 2.73. The quantitative estimate of drug-likeness (QED) is 0.582. The number of aryl methyl sites for hydroxylation is 1. The van der Waals surface area contributed by atoms with Crippen LogP contribution in [0.4, 0.5) is 8.78 Å². The number of nitrogens with one attached hydrogen (secondary N) is 1. The van der Waals surface area contributed by atoms with Crippen LogP contribution in [0.5, 0.6) is 5.88 Å². The Morgan fingerprint density at radius 1 is 1.27 bits per heavy atom. The van der Waals surface area contributed by atoms with Gasteiger partial charge in [0.15, 0.2) is 0 Å². The van der Waals surface area contributed by atoms with Gasteiger partial charge in [-0.3, -0.25) is 19.1 Å². The van der Waals surface area contributed by atoms with Gasteiger partial charge in [-0.1, -0.05) is 0 Å². The first-order valence-corrected chi connectivity index (χ1v) is 9.46. The number of hydrogen-bond acceptors (Lipinski definition) is 6. The van der Waals surface area contributed by atoms with Crippen molar-refractivity contribution in [2.24, 2.45) is 0 Å². The zero-order chi connectivity index (χ0) is 21.8. The van der Waals surface area contributed by atoms with Crippen molar-refractivity contribution in [1.29, 1.82) is 0 Å². The van der Waals surface area contributed by atoms with Crippen molar-refractivity contribution < 1.29 is 18.3 Å². The summed E-state index contributed by atoms with van der Waals surface area (Å²) in [6.45, 7) is 1.45. The Bertz CT molecular complexity index is 1150.